The Morgan fingerprint density at radius 1 is 0.972 bits per heavy atom. The molecule has 0 aliphatic carbocycles. The lowest BCUT2D eigenvalue weighted by Gasteiger charge is -2.23. The first-order valence-electron chi connectivity index (χ1n) is 11.4. The molecule has 3 amide bonds. The SMILES string of the molecule is COCC(=O)N[C@@H](Cc1c[nH]c2ccccc12)C(=O)N[C@@H](CCC(=O)C=N)C(=O)Nc1ccccc1. The number of rotatable bonds is 13. The van der Waals surface area contributed by atoms with E-state index in [1.807, 2.05) is 24.3 Å². The van der Waals surface area contributed by atoms with Crippen molar-refractivity contribution in [1.29, 1.82) is 5.41 Å². The molecule has 0 saturated heterocycles. The van der Waals surface area contributed by atoms with Gasteiger partial charge in [0.05, 0.1) is 6.21 Å². The highest BCUT2D eigenvalue weighted by atomic mass is 16.5. The molecule has 10 heteroatoms. The van der Waals surface area contributed by atoms with Crippen LogP contribution in [0.25, 0.3) is 10.9 Å². The van der Waals surface area contributed by atoms with E-state index in [1.165, 1.54) is 7.11 Å². The highest BCUT2D eigenvalue weighted by Crippen LogP contribution is 2.19. The topological polar surface area (TPSA) is 153 Å². The van der Waals surface area contributed by atoms with E-state index in [-0.39, 0.29) is 25.9 Å². The molecule has 0 unspecified atom stereocenters. The number of anilines is 1. The zero-order chi connectivity index (χ0) is 25.9. The molecule has 3 rings (SSSR count). The van der Waals surface area contributed by atoms with E-state index in [9.17, 15) is 19.2 Å². The van der Waals surface area contributed by atoms with Gasteiger partial charge in [0.2, 0.25) is 17.7 Å². The molecule has 5 N–H and O–H groups in total. The summed E-state index contributed by atoms with van der Waals surface area (Å²) in [5.74, 6) is -2.05. The van der Waals surface area contributed by atoms with Crippen molar-refractivity contribution in [1.82, 2.24) is 15.6 Å². The monoisotopic (exact) mass is 491 g/mol. The molecule has 1 aromatic heterocycles. The fourth-order valence-corrected chi connectivity index (χ4v) is 3.75. The third-order valence-electron chi connectivity index (χ3n) is 5.54. The van der Waals surface area contributed by atoms with E-state index in [1.54, 1.807) is 36.5 Å². The smallest absolute Gasteiger partial charge is 0.246 e. The lowest BCUT2D eigenvalue weighted by Crippen LogP contribution is -2.54. The van der Waals surface area contributed by atoms with Gasteiger partial charge in [-0.1, -0.05) is 36.4 Å². The average molecular weight is 492 g/mol. The minimum Gasteiger partial charge on any atom is -0.375 e. The van der Waals surface area contributed by atoms with Crippen molar-refractivity contribution in [3.63, 3.8) is 0 Å². The molecular weight excluding hydrogens is 462 g/mol. The minimum absolute atomic E-state index is 0.00948. The predicted octanol–water partition coefficient (Wildman–Crippen LogP) is 1.96. The van der Waals surface area contributed by atoms with Crippen molar-refractivity contribution in [2.24, 2.45) is 0 Å². The maximum absolute atomic E-state index is 13.3. The Balaban J connectivity index is 1.80. The summed E-state index contributed by atoms with van der Waals surface area (Å²) < 4.78 is 4.88. The molecule has 3 aromatic rings. The largest absolute Gasteiger partial charge is 0.375 e. The van der Waals surface area contributed by atoms with Crippen LogP contribution >= 0.6 is 0 Å². The van der Waals surface area contributed by atoms with Crippen LogP contribution in [0.15, 0.2) is 60.8 Å². The van der Waals surface area contributed by atoms with Gasteiger partial charge >= 0.3 is 0 Å². The maximum atomic E-state index is 13.3. The lowest BCUT2D eigenvalue weighted by atomic mass is 10.0. The number of fused-ring (bicyclic) bond motifs is 1. The Hall–Kier alpha value is -4.31. The van der Waals surface area contributed by atoms with Gasteiger partial charge in [0.25, 0.3) is 0 Å². The average Bonchev–Trinajstić information content (AvgIpc) is 3.29. The Labute approximate surface area is 208 Å². The highest BCUT2D eigenvalue weighted by molar-refractivity contribution is 6.26. The summed E-state index contributed by atoms with van der Waals surface area (Å²) in [6.07, 6.45) is 2.51. The first-order chi connectivity index (χ1) is 17.4. The number of carbonyl (C=O) groups is 4. The molecule has 36 heavy (non-hydrogen) atoms. The number of hydrogen-bond donors (Lipinski definition) is 5. The van der Waals surface area contributed by atoms with E-state index in [0.717, 1.165) is 16.5 Å². The molecule has 1 heterocycles. The van der Waals surface area contributed by atoms with Gasteiger partial charge < -0.3 is 31.1 Å². The van der Waals surface area contributed by atoms with Crippen LogP contribution in [0.2, 0.25) is 0 Å². The summed E-state index contributed by atoms with van der Waals surface area (Å²) in [6, 6.07) is 14.2. The van der Waals surface area contributed by atoms with E-state index < -0.39 is 35.6 Å². The second-order valence-corrected chi connectivity index (χ2v) is 8.18. The molecule has 0 aliphatic heterocycles. The summed E-state index contributed by atoms with van der Waals surface area (Å²) >= 11 is 0. The third-order valence-corrected chi connectivity index (χ3v) is 5.54. The van der Waals surface area contributed by atoms with Crippen LogP contribution in [0.5, 0.6) is 0 Å². The van der Waals surface area contributed by atoms with E-state index >= 15 is 0 Å². The molecule has 0 radical (unpaired) electrons. The second-order valence-electron chi connectivity index (χ2n) is 8.18. The summed E-state index contributed by atoms with van der Waals surface area (Å²) in [5, 5.41) is 16.1. The zero-order valence-electron chi connectivity index (χ0n) is 19.9. The normalized spacial score (nSPS) is 12.4. The molecule has 2 atom stereocenters. The van der Waals surface area contributed by atoms with Crippen LogP contribution in [-0.2, 0) is 30.3 Å². The van der Waals surface area contributed by atoms with Crippen LogP contribution in [0.3, 0.4) is 0 Å². The fourth-order valence-electron chi connectivity index (χ4n) is 3.75. The van der Waals surface area contributed by atoms with Crippen molar-refractivity contribution in [2.45, 2.75) is 31.3 Å². The van der Waals surface area contributed by atoms with Crippen LogP contribution in [0, 0.1) is 5.41 Å². The van der Waals surface area contributed by atoms with E-state index in [0.29, 0.717) is 11.9 Å². The van der Waals surface area contributed by atoms with Gasteiger partial charge in [-0.25, -0.2) is 0 Å². The minimum atomic E-state index is -1.06. The number of aromatic nitrogens is 1. The molecule has 10 nitrogen and oxygen atoms in total. The number of nitrogens with one attached hydrogen (secondary N) is 5. The Kier molecular flexibility index (Phi) is 9.47. The first-order valence-corrected chi connectivity index (χ1v) is 11.4. The summed E-state index contributed by atoms with van der Waals surface area (Å²) in [6.45, 7) is -0.233. The zero-order valence-corrected chi connectivity index (χ0v) is 19.9. The van der Waals surface area contributed by atoms with Gasteiger partial charge in [-0.15, -0.1) is 0 Å². The summed E-state index contributed by atoms with van der Waals surface area (Å²) in [5.41, 5.74) is 2.23. The number of Topliss-reactive ketones (excluding diaryl/α,β-unsaturated/α-hetero) is 1. The summed E-state index contributed by atoms with van der Waals surface area (Å²) in [7, 11) is 1.37. The van der Waals surface area contributed by atoms with Crippen LogP contribution < -0.4 is 16.0 Å². The van der Waals surface area contributed by atoms with Crippen LogP contribution in [0.1, 0.15) is 18.4 Å². The first kappa shape index (κ1) is 26.3. The van der Waals surface area contributed by atoms with Gasteiger partial charge in [0.1, 0.15) is 18.7 Å². The number of H-pyrrole nitrogens is 1. The summed E-state index contributed by atoms with van der Waals surface area (Å²) in [4.78, 5) is 53.5. The van der Waals surface area contributed by atoms with Crippen LogP contribution in [-0.4, -0.2) is 60.5 Å². The van der Waals surface area contributed by atoms with Crippen LogP contribution in [0.4, 0.5) is 5.69 Å². The number of benzene rings is 2. The maximum Gasteiger partial charge on any atom is 0.246 e. The number of amides is 3. The Morgan fingerprint density at radius 2 is 1.69 bits per heavy atom. The third kappa shape index (κ3) is 7.34. The van der Waals surface area contributed by atoms with E-state index in [2.05, 4.69) is 20.9 Å². The molecule has 2 aromatic carbocycles. The fraction of sp³-hybridized carbons (Fsp3) is 0.269. The molecule has 0 spiro atoms. The quantitative estimate of drug-likeness (QED) is 0.231. The number of ketones is 1. The van der Waals surface area contributed by atoms with Crippen molar-refractivity contribution in [2.75, 3.05) is 19.0 Å². The van der Waals surface area contributed by atoms with Gasteiger partial charge in [0.15, 0.2) is 5.78 Å². The molecular formula is C26H29N5O5. The Bertz CT molecular complexity index is 1220. The number of methoxy groups -OCH3 is 1. The highest BCUT2D eigenvalue weighted by Gasteiger charge is 2.28. The van der Waals surface area contributed by atoms with Crippen molar-refractivity contribution >= 4 is 46.3 Å². The van der Waals surface area contributed by atoms with Crippen molar-refractivity contribution < 1.29 is 23.9 Å². The van der Waals surface area contributed by atoms with Crippen molar-refractivity contribution in [3.05, 3.63) is 66.4 Å². The Morgan fingerprint density at radius 3 is 2.42 bits per heavy atom. The molecule has 188 valence electrons. The standard InChI is InChI=1S/C26H29N5O5/c1-36-16-24(33)30-23(13-17-15-28-21-10-6-5-9-20(17)21)26(35)31-22(12-11-19(32)14-27)25(34)29-18-7-3-2-4-8-18/h2-10,14-15,22-23,27-28H,11-13,16H2,1H3,(H,29,34)(H,30,33)(H,31,35)/t22-,23-/m0/s1. The number of ether oxygens (including phenoxy) is 1. The molecule has 0 bridgehead atoms. The van der Waals surface area contributed by atoms with Crippen molar-refractivity contribution in [3.8, 4) is 0 Å². The van der Waals surface area contributed by atoms with Gasteiger partial charge in [-0.3, -0.25) is 19.2 Å². The number of hydrogen-bond acceptors (Lipinski definition) is 6. The van der Waals surface area contributed by atoms with E-state index in [4.69, 9.17) is 10.1 Å². The van der Waals surface area contributed by atoms with Gasteiger partial charge in [-0.05, 0) is 30.2 Å². The number of para-hydroxylation sites is 2. The van der Waals surface area contributed by atoms with Gasteiger partial charge in [0, 0.05) is 42.7 Å². The van der Waals surface area contributed by atoms with Gasteiger partial charge in [-0.2, -0.15) is 0 Å². The molecule has 0 saturated carbocycles. The number of aromatic amines is 1. The predicted molar refractivity (Wildman–Crippen MR) is 136 cm³/mol. The lowest BCUT2D eigenvalue weighted by molar-refractivity contribution is -0.132. The molecule has 0 aliphatic rings. The molecule has 0 fully saturated rings. The second kappa shape index (κ2) is 13.0. The number of carbonyl (C=O) groups excluding carboxylic acids is 4.